The minimum absolute atomic E-state index is 0.167. The highest BCUT2D eigenvalue weighted by Crippen LogP contribution is 2.26. The Morgan fingerprint density at radius 2 is 1.96 bits per heavy atom. The van der Waals surface area contributed by atoms with Crippen LogP contribution in [-0.4, -0.2) is 25.9 Å². The van der Waals surface area contributed by atoms with Gasteiger partial charge < -0.3 is 10.1 Å². The Hall–Kier alpha value is -2.84. The number of aryl methyl sites for hydroxylation is 1. The molecule has 138 valence electrons. The highest BCUT2D eigenvalue weighted by atomic mass is 19.4. The monoisotopic (exact) mass is 365 g/mol. The van der Waals surface area contributed by atoms with Crippen LogP contribution in [0.2, 0.25) is 0 Å². The SMILES string of the molecule is CCCc1cc(N[C@@H](C)c2ccc(OC(F)(F)F)cc2)n2ncnc2n1. The van der Waals surface area contributed by atoms with Crippen LogP contribution >= 0.6 is 0 Å². The molecule has 3 rings (SSSR count). The molecule has 1 atom stereocenters. The van der Waals surface area contributed by atoms with E-state index < -0.39 is 6.36 Å². The fraction of sp³-hybridized carbons (Fsp3) is 0.353. The zero-order valence-corrected chi connectivity index (χ0v) is 14.3. The largest absolute Gasteiger partial charge is 0.573 e. The van der Waals surface area contributed by atoms with E-state index in [1.54, 1.807) is 16.6 Å². The molecule has 0 unspecified atom stereocenters. The molecule has 2 heterocycles. The van der Waals surface area contributed by atoms with Gasteiger partial charge in [0.25, 0.3) is 5.78 Å². The molecule has 0 aliphatic heterocycles. The van der Waals surface area contributed by atoms with Crippen molar-refractivity contribution in [1.29, 1.82) is 0 Å². The lowest BCUT2D eigenvalue weighted by molar-refractivity contribution is -0.274. The maximum Gasteiger partial charge on any atom is 0.573 e. The Kier molecular flexibility index (Phi) is 4.97. The van der Waals surface area contributed by atoms with Gasteiger partial charge in [-0.15, -0.1) is 13.2 Å². The first-order valence-corrected chi connectivity index (χ1v) is 8.17. The summed E-state index contributed by atoms with van der Waals surface area (Å²) in [5.41, 5.74) is 1.71. The van der Waals surface area contributed by atoms with Gasteiger partial charge in [-0.3, -0.25) is 0 Å². The summed E-state index contributed by atoms with van der Waals surface area (Å²) in [5.74, 6) is 0.972. The molecule has 1 N–H and O–H groups in total. The highest BCUT2D eigenvalue weighted by molar-refractivity contribution is 5.47. The molecule has 0 radical (unpaired) electrons. The van der Waals surface area contributed by atoms with Crippen molar-refractivity contribution in [1.82, 2.24) is 19.6 Å². The summed E-state index contributed by atoms with van der Waals surface area (Å²) in [6.07, 6.45) is -1.50. The normalized spacial score (nSPS) is 13.0. The number of nitrogens with zero attached hydrogens (tertiary/aromatic N) is 4. The maximum atomic E-state index is 12.3. The van der Waals surface area contributed by atoms with Crippen LogP contribution in [0.1, 0.15) is 37.6 Å². The molecule has 0 bridgehead atoms. The third kappa shape index (κ3) is 4.22. The molecule has 0 amide bonds. The van der Waals surface area contributed by atoms with E-state index >= 15 is 0 Å². The fourth-order valence-corrected chi connectivity index (χ4v) is 2.61. The first-order chi connectivity index (χ1) is 12.4. The Bertz CT molecular complexity index is 876. The Morgan fingerprint density at radius 3 is 2.62 bits per heavy atom. The first kappa shape index (κ1) is 18.0. The van der Waals surface area contributed by atoms with Gasteiger partial charge in [-0.25, -0.2) is 4.98 Å². The van der Waals surface area contributed by atoms with Gasteiger partial charge in [0.2, 0.25) is 0 Å². The zero-order valence-electron chi connectivity index (χ0n) is 14.3. The minimum Gasteiger partial charge on any atom is -0.406 e. The minimum atomic E-state index is -4.70. The molecule has 26 heavy (non-hydrogen) atoms. The molecule has 6 nitrogen and oxygen atoms in total. The zero-order chi connectivity index (χ0) is 18.7. The first-order valence-electron chi connectivity index (χ1n) is 8.17. The lowest BCUT2D eigenvalue weighted by atomic mass is 10.1. The number of aromatic nitrogens is 4. The van der Waals surface area contributed by atoms with Crippen molar-refractivity contribution >= 4 is 11.6 Å². The fourth-order valence-electron chi connectivity index (χ4n) is 2.61. The number of fused-ring (bicyclic) bond motifs is 1. The summed E-state index contributed by atoms with van der Waals surface area (Å²) in [6.45, 7) is 3.97. The van der Waals surface area contributed by atoms with Crippen LogP contribution in [0.15, 0.2) is 36.7 Å². The van der Waals surface area contributed by atoms with Gasteiger partial charge in [0, 0.05) is 17.8 Å². The summed E-state index contributed by atoms with van der Waals surface area (Å²) in [7, 11) is 0. The third-order valence-corrected chi connectivity index (χ3v) is 3.79. The average Bonchev–Trinajstić information content (AvgIpc) is 3.03. The van der Waals surface area contributed by atoms with E-state index in [-0.39, 0.29) is 11.8 Å². The van der Waals surface area contributed by atoms with Crippen LogP contribution in [0, 0.1) is 0 Å². The molecule has 3 aromatic rings. The number of benzene rings is 1. The number of hydrogen-bond donors (Lipinski definition) is 1. The number of alkyl halides is 3. The summed E-state index contributed by atoms with van der Waals surface area (Å²) in [4.78, 5) is 8.56. The van der Waals surface area contributed by atoms with Crippen molar-refractivity contribution in [3.8, 4) is 5.75 Å². The molecule has 1 aromatic carbocycles. The number of halogens is 3. The Morgan fingerprint density at radius 1 is 1.23 bits per heavy atom. The van der Waals surface area contributed by atoms with Crippen LogP contribution in [0.3, 0.4) is 0 Å². The van der Waals surface area contributed by atoms with Gasteiger partial charge in [-0.05, 0) is 31.0 Å². The molecule has 9 heteroatoms. The summed E-state index contributed by atoms with van der Waals surface area (Å²) in [5, 5.41) is 7.47. The molecule has 2 aromatic heterocycles. The molecule has 0 spiro atoms. The van der Waals surface area contributed by atoms with Crippen molar-refractivity contribution < 1.29 is 17.9 Å². The van der Waals surface area contributed by atoms with Crippen LogP contribution in [0.25, 0.3) is 5.78 Å². The lowest BCUT2D eigenvalue weighted by Crippen LogP contribution is -2.17. The topological polar surface area (TPSA) is 64.3 Å². The van der Waals surface area contributed by atoms with E-state index in [4.69, 9.17) is 0 Å². The van der Waals surface area contributed by atoms with Crippen molar-refractivity contribution in [3.63, 3.8) is 0 Å². The van der Waals surface area contributed by atoms with Crippen molar-refractivity contribution in [2.45, 2.75) is 39.1 Å². The van der Waals surface area contributed by atoms with E-state index in [1.807, 2.05) is 13.0 Å². The predicted octanol–water partition coefficient (Wildman–Crippen LogP) is 4.15. The van der Waals surface area contributed by atoms with Gasteiger partial charge in [0.15, 0.2) is 0 Å². The van der Waals surface area contributed by atoms with E-state index in [9.17, 15) is 13.2 Å². The molecule has 0 aliphatic rings. The second-order valence-electron chi connectivity index (χ2n) is 5.84. The average molecular weight is 365 g/mol. The van der Waals surface area contributed by atoms with E-state index in [2.05, 4.69) is 32.0 Å². The summed E-state index contributed by atoms with van der Waals surface area (Å²) in [6, 6.07) is 7.50. The number of nitrogens with one attached hydrogen (secondary N) is 1. The summed E-state index contributed by atoms with van der Waals surface area (Å²) < 4.78 is 42.2. The molecular formula is C17H18F3N5O. The standard InChI is InChI=1S/C17H18F3N5O/c1-3-4-13-9-15(25-16(24-13)21-10-22-25)23-11(2)12-5-7-14(8-6-12)26-17(18,19)20/h5-11,23H,3-4H2,1-2H3/t11-/m0/s1. The highest BCUT2D eigenvalue weighted by Gasteiger charge is 2.31. The van der Waals surface area contributed by atoms with Crippen molar-refractivity contribution in [2.75, 3.05) is 5.32 Å². The predicted molar refractivity (Wildman–Crippen MR) is 89.9 cm³/mol. The molecular weight excluding hydrogens is 347 g/mol. The smallest absolute Gasteiger partial charge is 0.406 e. The Labute approximate surface area is 148 Å². The Balaban J connectivity index is 1.80. The second kappa shape index (κ2) is 7.19. The van der Waals surface area contributed by atoms with Crippen molar-refractivity contribution in [3.05, 3.63) is 47.9 Å². The van der Waals surface area contributed by atoms with Crippen LogP contribution in [-0.2, 0) is 6.42 Å². The van der Waals surface area contributed by atoms with Gasteiger partial charge in [-0.1, -0.05) is 25.5 Å². The van der Waals surface area contributed by atoms with E-state index in [0.29, 0.717) is 5.78 Å². The van der Waals surface area contributed by atoms with E-state index in [0.717, 1.165) is 29.9 Å². The van der Waals surface area contributed by atoms with Crippen molar-refractivity contribution in [2.24, 2.45) is 0 Å². The third-order valence-electron chi connectivity index (χ3n) is 3.79. The number of rotatable bonds is 6. The summed E-state index contributed by atoms with van der Waals surface area (Å²) >= 11 is 0. The maximum absolute atomic E-state index is 12.3. The molecule has 0 saturated carbocycles. The van der Waals surface area contributed by atoms with Gasteiger partial charge in [-0.2, -0.15) is 14.6 Å². The van der Waals surface area contributed by atoms with E-state index in [1.165, 1.54) is 18.5 Å². The lowest BCUT2D eigenvalue weighted by Gasteiger charge is -2.17. The molecule has 0 saturated heterocycles. The van der Waals surface area contributed by atoms with Gasteiger partial charge in [0.05, 0.1) is 0 Å². The quantitative estimate of drug-likeness (QED) is 0.711. The molecule has 0 fully saturated rings. The van der Waals surface area contributed by atoms with Gasteiger partial charge >= 0.3 is 6.36 Å². The van der Waals surface area contributed by atoms with Gasteiger partial charge in [0.1, 0.15) is 17.9 Å². The number of anilines is 1. The van der Waals surface area contributed by atoms with Crippen LogP contribution < -0.4 is 10.1 Å². The van der Waals surface area contributed by atoms with Crippen LogP contribution in [0.4, 0.5) is 19.0 Å². The second-order valence-corrected chi connectivity index (χ2v) is 5.84. The number of hydrogen-bond acceptors (Lipinski definition) is 5. The number of ether oxygens (including phenoxy) is 1. The molecule has 0 aliphatic carbocycles. The van der Waals surface area contributed by atoms with Crippen LogP contribution in [0.5, 0.6) is 5.75 Å².